The van der Waals surface area contributed by atoms with Crippen LogP contribution in [0.15, 0.2) is 0 Å². The average Bonchev–Trinajstić information content (AvgIpc) is 2.83. The van der Waals surface area contributed by atoms with Gasteiger partial charge < -0.3 is 19.7 Å². The Balaban J connectivity index is 1.89. The molecule has 2 atom stereocenters. The first kappa shape index (κ1) is 18.8. The van der Waals surface area contributed by atoms with Crippen molar-refractivity contribution in [1.82, 2.24) is 15.2 Å². The Hall–Kier alpha value is -1.51. The van der Waals surface area contributed by atoms with Crippen molar-refractivity contribution in [2.24, 2.45) is 0 Å². The summed E-state index contributed by atoms with van der Waals surface area (Å²) in [4.78, 5) is 30.9. The predicted octanol–water partition coefficient (Wildman–Crippen LogP) is 0.681. The molecule has 0 bridgehead atoms. The molecule has 1 aromatic heterocycles. The standard InChI is InChI=1S/C16H25N3O4S/c1-10-13(17-11(2)24-10)7-15(20)18-12-5-6-22-8-14(12)23-9-16(21)19(3)4/h12,14H,5-9H2,1-4H3,(H,18,20). The maximum absolute atomic E-state index is 12.3. The van der Waals surface area contributed by atoms with Gasteiger partial charge in [0, 0.05) is 25.6 Å². The Kier molecular flexibility index (Phi) is 6.70. The highest BCUT2D eigenvalue weighted by atomic mass is 32.1. The summed E-state index contributed by atoms with van der Waals surface area (Å²) in [5, 5.41) is 3.97. The van der Waals surface area contributed by atoms with Gasteiger partial charge in [0.05, 0.1) is 29.8 Å². The van der Waals surface area contributed by atoms with E-state index in [0.29, 0.717) is 19.6 Å². The number of likely N-dealkylation sites (N-methyl/N-ethyl adjacent to an activating group) is 1. The highest BCUT2D eigenvalue weighted by Gasteiger charge is 2.29. The highest BCUT2D eigenvalue weighted by Crippen LogP contribution is 2.17. The lowest BCUT2D eigenvalue weighted by Crippen LogP contribution is -2.51. The molecule has 2 unspecified atom stereocenters. The molecule has 0 spiro atoms. The number of carbonyl (C=O) groups excluding carboxylic acids is 2. The summed E-state index contributed by atoms with van der Waals surface area (Å²) in [6.45, 7) is 4.84. The first-order chi connectivity index (χ1) is 11.4. The molecule has 1 saturated heterocycles. The molecule has 1 aliphatic rings. The molecular weight excluding hydrogens is 330 g/mol. The number of nitrogens with zero attached hydrogens (tertiary/aromatic N) is 2. The van der Waals surface area contributed by atoms with E-state index in [1.807, 2.05) is 13.8 Å². The summed E-state index contributed by atoms with van der Waals surface area (Å²) in [7, 11) is 3.36. The summed E-state index contributed by atoms with van der Waals surface area (Å²) in [6.07, 6.45) is 0.614. The molecule has 1 aliphatic heterocycles. The molecule has 2 amide bonds. The third-order valence-corrected chi connectivity index (χ3v) is 4.83. The molecule has 2 heterocycles. The van der Waals surface area contributed by atoms with E-state index in [0.717, 1.165) is 15.6 Å². The predicted molar refractivity (Wildman–Crippen MR) is 91.1 cm³/mol. The molecule has 7 nitrogen and oxygen atoms in total. The van der Waals surface area contributed by atoms with Gasteiger partial charge in [0.1, 0.15) is 12.7 Å². The van der Waals surface area contributed by atoms with Crippen molar-refractivity contribution >= 4 is 23.2 Å². The van der Waals surface area contributed by atoms with Gasteiger partial charge in [0.2, 0.25) is 11.8 Å². The van der Waals surface area contributed by atoms with Crippen LogP contribution in [-0.2, 0) is 25.5 Å². The van der Waals surface area contributed by atoms with Gasteiger partial charge in [-0.05, 0) is 20.3 Å². The van der Waals surface area contributed by atoms with E-state index in [1.54, 1.807) is 25.4 Å². The van der Waals surface area contributed by atoms with Crippen molar-refractivity contribution in [3.63, 3.8) is 0 Å². The lowest BCUT2D eigenvalue weighted by molar-refractivity contribution is -0.141. The smallest absolute Gasteiger partial charge is 0.248 e. The fraction of sp³-hybridized carbons (Fsp3) is 0.688. The third-order valence-electron chi connectivity index (χ3n) is 3.90. The van der Waals surface area contributed by atoms with Crippen LogP contribution in [0.4, 0.5) is 0 Å². The molecule has 0 radical (unpaired) electrons. The molecule has 1 N–H and O–H groups in total. The molecule has 134 valence electrons. The Morgan fingerprint density at radius 3 is 2.79 bits per heavy atom. The topological polar surface area (TPSA) is 80.8 Å². The lowest BCUT2D eigenvalue weighted by Gasteiger charge is -2.32. The summed E-state index contributed by atoms with van der Waals surface area (Å²) >= 11 is 1.59. The minimum absolute atomic E-state index is 0.0161. The summed E-state index contributed by atoms with van der Waals surface area (Å²) < 4.78 is 11.1. The Labute approximate surface area is 146 Å². The van der Waals surface area contributed by atoms with Crippen molar-refractivity contribution in [3.8, 4) is 0 Å². The van der Waals surface area contributed by atoms with Crippen molar-refractivity contribution in [1.29, 1.82) is 0 Å². The minimum atomic E-state index is -0.315. The summed E-state index contributed by atoms with van der Waals surface area (Å²) in [5.41, 5.74) is 0.822. The average molecular weight is 355 g/mol. The van der Waals surface area contributed by atoms with Gasteiger partial charge >= 0.3 is 0 Å². The third kappa shape index (κ3) is 5.25. The van der Waals surface area contributed by atoms with Crippen LogP contribution in [0.3, 0.4) is 0 Å². The number of aromatic nitrogens is 1. The first-order valence-corrected chi connectivity index (χ1v) is 8.80. The number of amides is 2. The number of aryl methyl sites for hydroxylation is 2. The van der Waals surface area contributed by atoms with Crippen LogP contribution in [0.25, 0.3) is 0 Å². The van der Waals surface area contributed by atoms with Crippen LogP contribution < -0.4 is 5.32 Å². The van der Waals surface area contributed by atoms with Gasteiger partial charge in [-0.1, -0.05) is 0 Å². The summed E-state index contributed by atoms with van der Waals surface area (Å²) in [5.74, 6) is -0.193. The quantitative estimate of drug-likeness (QED) is 0.812. The van der Waals surface area contributed by atoms with Gasteiger partial charge in [-0.3, -0.25) is 9.59 Å². The zero-order valence-corrected chi connectivity index (χ0v) is 15.4. The zero-order valence-electron chi connectivity index (χ0n) is 14.6. The first-order valence-electron chi connectivity index (χ1n) is 7.98. The van der Waals surface area contributed by atoms with Crippen molar-refractivity contribution in [2.45, 2.75) is 38.8 Å². The second kappa shape index (κ2) is 8.55. The van der Waals surface area contributed by atoms with Gasteiger partial charge in [0.15, 0.2) is 0 Å². The van der Waals surface area contributed by atoms with Crippen LogP contribution in [-0.4, -0.2) is 67.8 Å². The number of hydrogen-bond donors (Lipinski definition) is 1. The maximum atomic E-state index is 12.3. The van der Waals surface area contributed by atoms with Gasteiger partial charge in [-0.2, -0.15) is 0 Å². The second-order valence-corrected chi connectivity index (χ2v) is 7.50. The van der Waals surface area contributed by atoms with Crippen LogP contribution in [0.2, 0.25) is 0 Å². The van der Waals surface area contributed by atoms with Crippen LogP contribution in [0.1, 0.15) is 22.0 Å². The van der Waals surface area contributed by atoms with Crippen LogP contribution in [0.5, 0.6) is 0 Å². The normalized spacial score (nSPS) is 20.7. The molecule has 1 fully saturated rings. The summed E-state index contributed by atoms with van der Waals surface area (Å²) in [6, 6.07) is -0.152. The van der Waals surface area contributed by atoms with Crippen LogP contribution >= 0.6 is 11.3 Å². The monoisotopic (exact) mass is 355 g/mol. The molecule has 0 saturated carbocycles. The Bertz CT molecular complexity index is 588. The number of rotatable bonds is 6. The molecular formula is C16H25N3O4S. The van der Waals surface area contributed by atoms with E-state index in [1.165, 1.54) is 4.90 Å². The largest absolute Gasteiger partial charge is 0.379 e. The maximum Gasteiger partial charge on any atom is 0.248 e. The van der Waals surface area contributed by atoms with Gasteiger partial charge in [-0.15, -0.1) is 11.3 Å². The van der Waals surface area contributed by atoms with Gasteiger partial charge in [-0.25, -0.2) is 4.98 Å². The van der Waals surface area contributed by atoms with E-state index in [-0.39, 0.29) is 37.0 Å². The molecule has 0 aliphatic carbocycles. The van der Waals surface area contributed by atoms with E-state index in [9.17, 15) is 9.59 Å². The SMILES string of the molecule is Cc1nc(CC(=O)NC2CCOCC2OCC(=O)N(C)C)c(C)s1. The van der Waals surface area contributed by atoms with Crippen molar-refractivity contribution in [3.05, 3.63) is 15.6 Å². The number of carbonyl (C=O) groups is 2. The number of thiazole rings is 1. The number of hydrogen-bond acceptors (Lipinski definition) is 6. The lowest BCUT2D eigenvalue weighted by atomic mass is 10.1. The van der Waals surface area contributed by atoms with Gasteiger partial charge in [0.25, 0.3) is 0 Å². The van der Waals surface area contributed by atoms with E-state index in [4.69, 9.17) is 9.47 Å². The Morgan fingerprint density at radius 2 is 2.17 bits per heavy atom. The molecule has 8 heteroatoms. The van der Waals surface area contributed by atoms with E-state index in [2.05, 4.69) is 10.3 Å². The molecule has 2 rings (SSSR count). The van der Waals surface area contributed by atoms with E-state index < -0.39 is 0 Å². The fourth-order valence-electron chi connectivity index (χ4n) is 2.49. The fourth-order valence-corrected chi connectivity index (χ4v) is 3.33. The minimum Gasteiger partial charge on any atom is -0.379 e. The van der Waals surface area contributed by atoms with Crippen molar-refractivity contribution < 1.29 is 19.1 Å². The van der Waals surface area contributed by atoms with E-state index >= 15 is 0 Å². The Morgan fingerprint density at radius 1 is 1.42 bits per heavy atom. The highest BCUT2D eigenvalue weighted by molar-refractivity contribution is 7.11. The zero-order chi connectivity index (χ0) is 17.7. The molecule has 24 heavy (non-hydrogen) atoms. The second-order valence-electron chi connectivity index (χ2n) is 6.09. The number of nitrogens with one attached hydrogen (secondary N) is 1. The molecule has 1 aromatic rings. The van der Waals surface area contributed by atoms with Crippen molar-refractivity contribution in [2.75, 3.05) is 33.9 Å². The number of ether oxygens (including phenoxy) is 2. The van der Waals surface area contributed by atoms with Crippen LogP contribution in [0, 0.1) is 13.8 Å². The molecule has 0 aromatic carbocycles.